The highest BCUT2D eigenvalue weighted by atomic mass is 32.2. The Labute approximate surface area is 137 Å². The average Bonchev–Trinajstić information content (AvgIpc) is 3.13. The molecule has 0 aromatic heterocycles. The van der Waals surface area contributed by atoms with Crippen molar-refractivity contribution in [3.8, 4) is 0 Å². The van der Waals surface area contributed by atoms with Gasteiger partial charge in [0.05, 0.1) is 10.8 Å². The van der Waals surface area contributed by atoms with E-state index in [9.17, 15) is 18.3 Å². The first-order valence-corrected chi connectivity index (χ1v) is 9.66. The first-order chi connectivity index (χ1) is 10.9. The van der Waals surface area contributed by atoms with Crippen molar-refractivity contribution in [1.29, 1.82) is 0 Å². The van der Waals surface area contributed by atoms with Crippen molar-refractivity contribution in [2.24, 2.45) is 5.92 Å². The molecule has 5 nitrogen and oxygen atoms in total. The van der Waals surface area contributed by atoms with Gasteiger partial charge < -0.3 is 5.11 Å². The van der Waals surface area contributed by atoms with Crippen LogP contribution in [0.2, 0.25) is 0 Å². The highest BCUT2D eigenvalue weighted by Gasteiger charge is 2.54. The molecule has 1 N–H and O–H groups in total. The predicted octanol–water partition coefficient (Wildman–Crippen LogP) is 2.83. The second kappa shape index (κ2) is 5.91. The van der Waals surface area contributed by atoms with E-state index < -0.39 is 28.0 Å². The van der Waals surface area contributed by atoms with Gasteiger partial charge in [-0.25, -0.2) is 8.42 Å². The fraction of sp³-hybridized carbons (Fsp3) is 0.588. The van der Waals surface area contributed by atoms with E-state index in [0.29, 0.717) is 18.8 Å². The van der Waals surface area contributed by atoms with Gasteiger partial charge in [0.2, 0.25) is 10.0 Å². The van der Waals surface area contributed by atoms with E-state index in [0.717, 1.165) is 18.4 Å². The average molecular weight is 337 g/mol. The number of rotatable bonds is 5. The van der Waals surface area contributed by atoms with E-state index in [2.05, 4.69) is 13.8 Å². The molecule has 1 aromatic rings. The molecule has 2 heterocycles. The van der Waals surface area contributed by atoms with Crippen LogP contribution in [0.1, 0.15) is 51.0 Å². The molecule has 2 fully saturated rings. The molecule has 0 spiro atoms. The minimum absolute atomic E-state index is 0.166. The van der Waals surface area contributed by atoms with E-state index >= 15 is 0 Å². The summed E-state index contributed by atoms with van der Waals surface area (Å²) >= 11 is 0. The number of carboxylic acid groups (broad SMARTS) is 1. The monoisotopic (exact) mass is 337 g/mol. The molecular formula is C17H23NO4S. The lowest BCUT2D eigenvalue weighted by atomic mass is 9.89. The maximum atomic E-state index is 12.9. The molecule has 2 aliphatic heterocycles. The van der Waals surface area contributed by atoms with Crippen LogP contribution in [0.4, 0.5) is 0 Å². The van der Waals surface area contributed by atoms with Crippen LogP contribution in [0.3, 0.4) is 0 Å². The Kier molecular flexibility index (Phi) is 4.23. The second-order valence-electron chi connectivity index (χ2n) is 6.69. The SMILES string of the molecule is CCC(C)c1ccc(S(=O)(=O)N2C3CCC2C(C(=O)O)C3)cc1. The lowest BCUT2D eigenvalue weighted by Crippen LogP contribution is -2.37. The van der Waals surface area contributed by atoms with Crippen molar-refractivity contribution in [1.82, 2.24) is 4.31 Å². The number of nitrogens with zero attached hydrogens (tertiary/aromatic N) is 1. The van der Waals surface area contributed by atoms with Crippen molar-refractivity contribution in [3.05, 3.63) is 29.8 Å². The standard InChI is InChI=1S/C17H23NO4S/c1-3-11(2)12-4-7-14(8-5-12)23(21,22)18-13-6-9-16(18)15(10-13)17(19)20/h4-5,7-8,11,13,15-16H,3,6,9-10H2,1-2H3,(H,19,20). The maximum absolute atomic E-state index is 12.9. The van der Waals surface area contributed by atoms with Gasteiger partial charge in [0.15, 0.2) is 0 Å². The molecule has 2 bridgehead atoms. The number of hydrogen-bond donors (Lipinski definition) is 1. The van der Waals surface area contributed by atoms with E-state index in [1.807, 2.05) is 12.1 Å². The summed E-state index contributed by atoms with van der Waals surface area (Å²) in [6.45, 7) is 4.21. The van der Waals surface area contributed by atoms with Crippen LogP contribution in [-0.4, -0.2) is 35.9 Å². The third kappa shape index (κ3) is 2.68. The number of sulfonamides is 1. The summed E-state index contributed by atoms with van der Waals surface area (Å²) < 4.78 is 27.4. The summed E-state index contributed by atoms with van der Waals surface area (Å²) in [7, 11) is -3.62. The lowest BCUT2D eigenvalue weighted by molar-refractivity contribution is -0.142. The molecule has 2 aliphatic rings. The molecular weight excluding hydrogens is 314 g/mol. The zero-order chi connectivity index (χ0) is 16.8. The molecule has 4 unspecified atom stereocenters. The maximum Gasteiger partial charge on any atom is 0.308 e. The Balaban J connectivity index is 1.89. The number of carbonyl (C=O) groups is 1. The zero-order valence-electron chi connectivity index (χ0n) is 13.5. The van der Waals surface area contributed by atoms with Gasteiger partial charge in [-0.2, -0.15) is 4.31 Å². The first-order valence-electron chi connectivity index (χ1n) is 8.22. The molecule has 126 valence electrons. The molecule has 2 saturated heterocycles. The molecule has 0 saturated carbocycles. The van der Waals surface area contributed by atoms with Crippen LogP contribution in [0.5, 0.6) is 0 Å². The number of fused-ring (bicyclic) bond motifs is 2. The van der Waals surface area contributed by atoms with Gasteiger partial charge in [0.1, 0.15) is 0 Å². The Bertz CT molecular complexity index is 698. The lowest BCUT2D eigenvalue weighted by Gasteiger charge is -2.22. The largest absolute Gasteiger partial charge is 0.481 e. The summed E-state index contributed by atoms with van der Waals surface area (Å²) in [5, 5.41) is 9.29. The van der Waals surface area contributed by atoms with Crippen molar-refractivity contribution in [3.63, 3.8) is 0 Å². The van der Waals surface area contributed by atoms with Crippen LogP contribution >= 0.6 is 0 Å². The highest BCUT2D eigenvalue weighted by Crippen LogP contribution is 2.45. The Morgan fingerprint density at radius 3 is 2.48 bits per heavy atom. The first kappa shape index (κ1) is 16.5. The van der Waals surface area contributed by atoms with Gasteiger partial charge in [0, 0.05) is 12.1 Å². The number of benzene rings is 1. The smallest absolute Gasteiger partial charge is 0.308 e. The predicted molar refractivity (Wildman–Crippen MR) is 86.7 cm³/mol. The van der Waals surface area contributed by atoms with Crippen molar-refractivity contribution in [2.75, 3.05) is 0 Å². The van der Waals surface area contributed by atoms with Crippen LogP contribution < -0.4 is 0 Å². The van der Waals surface area contributed by atoms with Gasteiger partial charge >= 0.3 is 5.97 Å². The highest BCUT2D eigenvalue weighted by molar-refractivity contribution is 7.89. The summed E-state index contributed by atoms with van der Waals surface area (Å²) in [6, 6.07) is 6.49. The van der Waals surface area contributed by atoms with E-state index in [4.69, 9.17) is 0 Å². The van der Waals surface area contributed by atoms with Crippen molar-refractivity contribution in [2.45, 2.75) is 62.4 Å². The minimum Gasteiger partial charge on any atom is -0.481 e. The van der Waals surface area contributed by atoms with Crippen LogP contribution in [0.25, 0.3) is 0 Å². The Hall–Kier alpha value is -1.40. The molecule has 1 aromatic carbocycles. The molecule has 3 rings (SSSR count). The minimum atomic E-state index is -3.62. The van der Waals surface area contributed by atoms with Crippen LogP contribution in [-0.2, 0) is 14.8 Å². The van der Waals surface area contributed by atoms with E-state index in [1.165, 1.54) is 4.31 Å². The number of carboxylic acids is 1. The Morgan fingerprint density at radius 2 is 1.96 bits per heavy atom. The van der Waals surface area contributed by atoms with Crippen molar-refractivity contribution < 1.29 is 18.3 Å². The van der Waals surface area contributed by atoms with Crippen LogP contribution in [0, 0.1) is 5.92 Å². The second-order valence-corrected chi connectivity index (χ2v) is 8.54. The Morgan fingerprint density at radius 1 is 1.30 bits per heavy atom. The normalized spacial score (nSPS) is 28.9. The summed E-state index contributed by atoms with van der Waals surface area (Å²) in [5.41, 5.74) is 1.12. The fourth-order valence-corrected chi connectivity index (χ4v) is 5.82. The summed E-state index contributed by atoms with van der Waals surface area (Å²) in [4.78, 5) is 11.6. The summed E-state index contributed by atoms with van der Waals surface area (Å²) in [5.74, 6) is -1.06. The van der Waals surface area contributed by atoms with Gasteiger partial charge in [-0.1, -0.05) is 26.0 Å². The van der Waals surface area contributed by atoms with Gasteiger partial charge in [-0.05, 0) is 49.3 Å². The number of aliphatic carboxylic acids is 1. The van der Waals surface area contributed by atoms with Gasteiger partial charge in [-0.15, -0.1) is 0 Å². The molecule has 23 heavy (non-hydrogen) atoms. The topological polar surface area (TPSA) is 74.7 Å². The number of hydrogen-bond acceptors (Lipinski definition) is 3. The molecule has 6 heteroatoms. The van der Waals surface area contributed by atoms with Gasteiger partial charge in [-0.3, -0.25) is 4.79 Å². The van der Waals surface area contributed by atoms with E-state index in [1.54, 1.807) is 12.1 Å². The zero-order valence-corrected chi connectivity index (χ0v) is 14.3. The molecule has 4 atom stereocenters. The third-order valence-corrected chi connectivity index (χ3v) is 7.42. The molecule has 0 amide bonds. The third-order valence-electron chi connectivity index (χ3n) is 5.43. The quantitative estimate of drug-likeness (QED) is 0.896. The molecule has 0 aliphatic carbocycles. The molecule has 0 radical (unpaired) electrons. The van der Waals surface area contributed by atoms with Crippen LogP contribution in [0.15, 0.2) is 29.2 Å². The van der Waals surface area contributed by atoms with Crippen molar-refractivity contribution >= 4 is 16.0 Å². The summed E-state index contributed by atoms with van der Waals surface area (Å²) in [6.07, 6.45) is 2.84. The fourth-order valence-electron chi connectivity index (χ4n) is 3.90. The van der Waals surface area contributed by atoms with Gasteiger partial charge in [0.25, 0.3) is 0 Å². The van der Waals surface area contributed by atoms with E-state index in [-0.39, 0.29) is 10.9 Å².